The molecule has 3 nitrogen and oxygen atoms in total. The van der Waals surface area contributed by atoms with Crippen molar-refractivity contribution in [2.24, 2.45) is 11.8 Å². The van der Waals surface area contributed by atoms with E-state index in [0.29, 0.717) is 24.3 Å². The molecule has 2 aliphatic rings. The molecule has 1 amide bonds. The number of amides is 1. The number of carbonyl (C=O) groups is 1. The van der Waals surface area contributed by atoms with Crippen LogP contribution < -0.4 is 10.6 Å². The van der Waals surface area contributed by atoms with Gasteiger partial charge in [0.2, 0.25) is 5.91 Å². The van der Waals surface area contributed by atoms with E-state index in [1.807, 2.05) is 11.8 Å². The highest BCUT2D eigenvalue weighted by molar-refractivity contribution is 7.99. The molecular formula is C13H24N2OS. The van der Waals surface area contributed by atoms with Crippen LogP contribution in [0.15, 0.2) is 0 Å². The number of rotatable bonds is 4. The molecule has 4 heteroatoms. The average molecular weight is 256 g/mol. The summed E-state index contributed by atoms with van der Waals surface area (Å²) in [6.45, 7) is 4.46. The van der Waals surface area contributed by atoms with E-state index in [9.17, 15) is 4.79 Å². The van der Waals surface area contributed by atoms with Crippen LogP contribution in [0, 0.1) is 11.8 Å². The predicted molar refractivity (Wildman–Crippen MR) is 73.2 cm³/mol. The Bertz CT molecular complexity index is 248. The lowest BCUT2D eigenvalue weighted by atomic mass is 9.85. The maximum absolute atomic E-state index is 11.9. The van der Waals surface area contributed by atoms with Crippen molar-refractivity contribution in [1.82, 2.24) is 10.6 Å². The number of piperidine rings is 1. The highest BCUT2D eigenvalue weighted by Gasteiger charge is 2.23. The van der Waals surface area contributed by atoms with E-state index in [1.54, 1.807) is 0 Å². The smallest absolute Gasteiger partial charge is 0.220 e. The summed E-state index contributed by atoms with van der Waals surface area (Å²) < 4.78 is 0. The van der Waals surface area contributed by atoms with Gasteiger partial charge in [0.25, 0.3) is 0 Å². The Balaban J connectivity index is 1.69. The second kappa shape index (κ2) is 6.64. The van der Waals surface area contributed by atoms with Gasteiger partial charge in [-0.2, -0.15) is 11.8 Å². The second-order valence-corrected chi connectivity index (χ2v) is 6.57. The number of carbonyl (C=O) groups excluding carboxylic acids is 1. The molecule has 2 rings (SSSR count). The zero-order valence-electron chi connectivity index (χ0n) is 10.7. The summed E-state index contributed by atoms with van der Waals surface area (Å²) in [7, 11) is 0. The van der Waals surface area contributed by atoms with Gasteiger partial charge in [0.1, 0.15) is 0 Å². The van der Waals surface area contributed by atoms with Gasteiger partial charge in [-0.05, 0) is 49.9 Å². The first-order valence-corrected chi connectivity index (χ1v) is 7.99. The first kappa shape index (κ1) is 13.2. The second-order valence-electron chi connectivity index (χ2n) is 5.42. The summed E-state index contributed by atoms with van der Waals surface area (Å²) in [6.07, 6.45) is 4.39. The van der Waals surface area contributed by atoms with E-state index >= 15 is 0 Å². The summed E-state index contributed by atoms with van der Waals surface area (Å²) in [5.74, 6) is 3.76. The summed E-state index contributed by atoms with van der Waals surface area (Å²) in [5.41, 5.74) is 0. The Hall–Kier alpha value is -0.220. The SMILES string of the molecule is CC(CC(=O)NC1CCSC1)C1CCCNC1. The summed E-state index contributed by atoms with van der Waals surface area (Å²) in [6, 6.07) is 0.434. The van der Waals surface area contributed by atoms with Crippen molar-refractivity contribution >= 4 is 17.7 Å². The fourth-order valence-corrected chi connectivity index (χ4v) is 3.91. The van der Waals surface area contributed by atoms with E-state index in [0.717, 1.165) is 25.3 Å². The first-order valence-electron chi connectivity index (χ1n) is 6.83. The standard InChI is InChI=1S/C13H24N2OS/c1-10(11-3-2-5-14-8-11)7-13(16)15-12-4-6-17-9-12/h10-12,14H,2-9H2,1H3,(H,15,16). The summed E-state index contributed by atoms with van der Waals surface area (Å²) in [5, 5.41) is 6.60. The first-order chi connectivity index (χ1) is 8.25. The van der Waals surface area contributed by atoms with Crippen molar-refractivity contribution in [3.05, 3.63) is 0 Å². The van der Waals surface area contributed by atoms with Crippen LogP contribution in [0.3, 0.4) is 0 Å². The minimum absolute atomic E-state index is 0.260. The molecule has 0 aliphatic carbocycles. The third-order valence-corrected chi connectivity index (χ3v) is 5.10. The Morgan fingerprint density at radius 1 is 1.53 bits per heavy atom. The molecule has 2 fully saturated rings. The molecule has 0 saturated carbocycles. The largest absolute Gasteiger partial charge is 0.353 e. The molecule has 2 N–H and O–H groups in total. The van der Waals surface area contributed by atoms with Gasteiger partial charge in [0, 0.05) is 18.2 Å². The molecule has 0 spiro atoms. The van der Waals surface area contributed by atoms with E-state index in [4.69, 9.17) is 0 Å². The molecule has 2 heterocycles. The van der Waals surface area contributed by atoms with Crippen LogP contribution in [0.2, 0.25) is 0 Å². The minimum atomic E-state index is 0.260. The van der Waals surface area contributed by atoms with Crippen molar-refractivity contribution in [1.29, 1.82) is 0 Å². The quantitative estimate of drug-likeness (QED) is 0.803. The monoisotopic (exact) mass is 256 g/mol. The van der Waals surface area contributed by atoms with Crippen molar-refractivity contribution in [3.8, 4) is 0 Å². The Labute approximate surface area is 108 Å². The predicted octanol–water partition coefficient (Wildman–Crippen LogP) is 1.63. The molecule has 0 aromatic heterocycles. The van der Waals surface area contributed by atoms with Crippen LogP contribution in [0.25, 0.3) is 0 Å². The molecule has 2 aliphatic heterocycles. The Kier molecular flexibility index (Phi) is 5.16. The highest BCUT2D eigenvalue weighted by Crippen LogP contribution is 2.23. The lowest BCUT2D eigenvalue weighted by molar-refractivity contribution is -0.122. The van der Waals surface area contributed by atoms with Gasteiger partial charge in [-0.1, -0.05) is 6.92 Å². The van der Waals surface area contributed by atoms with E-state index < -0.39 is 0 Å². The summed E-state index contributed by atoms with van der Waals surface area (Å²) >= 11 is 1.95. The van der Waals surface area contributed by atoms with Gasteiger partial charge < -0.3 is 10.6 Å². The third-order valence-electron chi connectivity index (χ3n) is 3.94. The maximum Gasteiger partial charge on any atom is 0.220 e. The lowest BCUT2D eigenvalue weighted by Crippen LogP contribution is -2.38. The van der Waals surface area contributed by atoms with Crippen molar-refractivity contribution < 1.29 is 4.79 Å². The van der Waals surface area contributed by atoms with Gasteiger partial charge in [0.15, 0.2) is 0 Å². The molecular weight excluding hydrogens is 232 g/mol. The van der Waals surface area contributed by atoms with Crippen LogP contribution in [0.5, 0.6) is 0 Å². The molecule has 17 heavy (non-hydrogen) atoms. The summed E-state index contributed by atoms with van der Waals surface area (Å²) in [4.78, 5) is 11.9. The van der Waals surface area contributed by atoms with E-state index in [1.165, 1.54) is 18.6 Å². The van der Waals surface area contributed by atoms with Crippen LogP contribution in [-0.2, 0) is 4.79 Å². The normalized spacial score (nSPS) is 31.1. The van der Waals surface area contributed by atoms with Crippen molar-refractivity contribution in [3.63, 3.8) is 0 Å². The third kappa shape index (κ3) is 4.18. The lowest BCUT2D eigenvalue weighted by Gasteiger charge is -2.28. The Morgan fingerprint density at radius 2 is 2.41 bits per heavy atom. The zero-order chi connectivity index (χ0) is 12.1. The fraction of sp³-hybridized carbons (Fsp3) is 0.923. The van der Waals surface area contributed by atoms with E-state index in [2.05, 4.69) is 17.6 Å². The molecule has 0 radical (unpaired) electrons. The molecule has 0 aromatic carbocycles. The molecule has 3 atom stereocenters. The zero-order valence-corrected chi connectivity index (χ0v) is 11.5. The minimum Gasteiger partial charge on any atom is -0.353 e. The Morgan fingerprint density at radius 3 is 3.06 bits per heavy atom. The highest BCUT2D eigenvalue weighted by atomic mass is 32.2. The van der Waals surface area contributed by atoms with Gasteiger partial charge in [-0.15, -0.1) is 0 Å². The number of thioether (sulfide) groups is 1. The van der Waals surface area contributed by atoms with E-state index in [-0.39, 0.29) is 5.91 Å². The van der Waals surface area contributed by atoms with Gasteiger partial charge >= 0.3 is 0 Å². The van der Waals surface area contributed by atoms with Crippen LogP contribution in [0.4, 0.5) is 0 Å². The van der Waals surface area contributed by atoms with Crippen LogP contribution in [0.1, 0.15) is 32.6 Å². The average Bonchev–Trinajstić information content (AvgIpc) is 2.82. The van der Waals surface area contributed by atoms with Crippen molar-refractivity contribution in [2.45, 2.75) is 38.6 Å². The topological polar surface area (TPSA) is 41.1 Å². The van der Waals surface area contributed by atoms with Crippen LogP contribution >= 0.6 is 11.8 Å². The van der Waals surface area contributed by atoms with Crippen LogP contribution in [-0.4, -0.2) is 36.5 Å². The molecule has 98 valence electrons. The number of nitrogens with one attached hydrogen (secondary N) is 2. The number of hydrogen-bond donors (Lipinski definition) is 2. The maximum atomic E-state index is 11.9. The molecule has 2 saturated heterocycles. The fourth-order valence-electron chi connectivity index (χ4n) is 2.76. The van der Waals surface area contributed by atoms with Gasteiger partial charge in [-0.3, -0.25) is 4.79 Å². The number of hydrogen-bond acceptors (Lipinski definition) is 3. The molecule has 0 aromatic rings. The molecule has 0 bridgehead atoms. The van der Waals surface area contributed by atoms with Crippen molar-refractivity contribution in [2.75, 3.05) is 24.6 Å². The van der Waals surface area contributed by atoms with Gasteiger partial charge in [0.05, 0.1) is 0 Å². The molecule has 3 unspecified atom stereocenters. The van der Waals surface area contributed by atoms with Gasteiger partial charge in [-0.25, -0.2) is 0 Å².